The van der Waals surface area contributed by atoms with Crippen LogP contribution in [-0.2, 0) is 6.42 Å². The van der Waals surface area contributed by atoms with Crippen molar-refractivity contribution in [3.05, 3.63) is 35.9 Å². The molecule has 1 aromatic carbocycles. The van der Waals surface area contributed by atoms with Crippen molar-refractivity contribution < 1.29 is 0 Å². The van der Waals surface area contributed by atoms with Crippen LogP contribution in [0.4, 0.5) is 0 Å². The first kappa shape index (κ1) is 19.5. The maximum atomic E-state index is 3.05. The van der Waals surface area contributed by atoms with Crippen LogP contribution in [0.25, 0.3) is 0 Å². The van der Waals surface area contributed by atoms with Gasteiger partial charge in [-0.2, -0.15) is 13.5 Å². The number of benzene rings is 1. The molecule has 0 aromatic heterocycles. The monoisotopic (exact) mass is 363 g/mol. The van der Waals surface area contributed by atoms with Gasteiger partial charge in [-0.1, -0.05) is 63.3 Å². The number of hydrogen-bond acceptors (Lipinski definition) is 0. The first-order valence-electron chi connectivity index (χ1n) is 5.88. The Bertz CT molecular complexity index is 223. The molecule has 1 rings (SSSR count). The molecular formula is C14H25BaS. The molecule has 0 bridgehead atoms. The summed E-state index contributed by atoms with van der Waals surface area (Å²) in [5, 5.41) is 0. The van der Waals surface area contributed by atoms with Crippen molar-refractivity contribution in [3.8, 4) is 0 Å². The van der Waals surface area contributed by atoms with Crippen LogP contribution in [0.1, 0.15) is 51.0 Å². The van der Waals surface area contributed by atoms with Gasteiger partial charge in [-0.05, 0) is 24.5 Å². The number of rotatable bonds is 7. The van der Waals surface area contributed by atoms with E-state index >= 15 is 0 Å². The van der Waals surface area contributed by atoms with Gasteiger partial charge in [-0.15, -0.1) is 0 Å². The van der Waals surface area contributed by atoms with Crippen LogP contribution in [0.2, 0.25) is 0 Å². The maximum absolute atomic E-state index is 3.05. The van der Waals surface area contributed by atoms with Gasteiger partial charge in [0.2, 0.25) is 0 Å². The summed E-state index contributed by atoms with van der Waals surface area (Å²) in [5.74, 6) is 0. The van der Waals surface area contributed by atoms with Gasteiger partial charge in [-0.25, -0.2) is 0 Å². The number of aryl methyl sites for hydroxylation is 1. The van der Waals surface area contributed by atoms with E-state index in [0.29, 0.717) is 0 Å². The molecule has 0 heterocycles. The van der Waals surface area contributed by atoms with E-state index < -0.39 is 0 Å². The molecule has 0 saturated carbocycles. The van der Waals surface area contributed by atoms with Crippen LogP contribution in [0.15, 0.2) is 24.3 Å². The topological polar surface area (TPSA) is 0 Å². The minimum atomic E-state index is 0. The summed E-state index contributed by atoms with van der Waals surface area (Å²) in [5.41, 5.74) is 1.46. The van der Waals surface area contributed by atoms with E-state index in [1.54, 1.807) is 0 Å². The van der Waals surface area contributed by atoms with E-state index in [1.165, 1.54) is 50.5 Å². The third kappa shape index (κ3) is 10.3. The van der Waals surface area contributed by atoms with Gasteiger partial charge in [-0.3, -0.25) is 0 Å². The van der Waals surface area contributed by atoms with Gasteiger partial charge in [0.25, 0.3) is 0 Å². The summed E-state index contributed by atoms with van der Waals surface area (Å²) < 4.78 is 0. The quantitative estimate of drug-likeness (QED) is 0.514. The van der Waals surface area contributed by atoms with E-state index in [4.69, 9.17) is 0 Å². The Morgan fingerprint density at radius 2 is 1.50 bits per heavy atom. The van der Waals surface area contributed by atoms with Crippen LogP contribution in [0.5, 0.6) is 0 Å². The van der Waals surface area contributed by atoms with Gasteiger partial charge < -0.3 is 0 Å². The molecule has 89 valence electrons. The first-order valence-corrected chi connectivity index (χ1v) is 5.88. The Kier molecular flexibility index (Phi) is 17.3. The van der Waals surface area contributed by atoms with Gasteiger partial charge in [0.05, 0.1) is 0 Å². The molecule has 0 nitrogen and oxygen atoms in total. The molecule has 0 amide bonds. The summed E-state index contributed by atoms with van der Waals surface area (Å²) in [6.07, 6.45) is 9.54. The molecule has 0 aliphatic rings. The zero-order chi connectivity index (χ0) is 10.1. The summed E-state index contributed by atoms with van der Waals surface area (Å²) >= 11 is 0. The molecule has 0 aliphatic carbocycles. The normalized spacial score (nSPS) is 9.06. The third-order valence-electron chi connectivity index (χ3n) is 2.61. The van der Waals surface area contributed by atoms with E-state index in [0.717, 1.165) is 0 Å². The summed E-state index contributed by atoms with van der Waals surface area (Å²) in [4.78, 5) is 0. The van der Waals surface area contributed by atoms with E-state index in [-0.39, 0.29) is 62.4 Å². The van der Waals surface area contributed by atoms with Gasteiger partial charge in [0, 0.05) is 0 Å². The van der Waals surface area contributed by atoms with Crippen molar-refractivity contribution in [2.45, 2.75) is 51.9 Å². The van der Waals surface area contributed by atoms with E-state index in [2.05, 4.69) is 25.1 Å². The second-order valence-electron chi connectivity index (χ2n) is 3.93. The molecule has 0 fully saturated rings. The Labute approximate surface area is 148 Å². The zero-order valence-corrected chi connectivity index (χ0v) is 10.8. The molecule has 0 unspecified atom stereocenters. The molecule has 1 aromatic rings. The minimum absolute atomic E-state index is 0. The summed E-state index contributed by atoms with van der Waals surface area (Å²) in [6, 6.07) is 11.4. The van der Waals surface area contributed by atoms with Crippen LogP contribution < -0.4 is 0 Å². The second kappa shape index (κ2) is 14.2. The van der Waals surface area contributed by atoms with Crippen LogP contribution in [0.3, 0.4) is 0 Å². The molecule has 0 aliphatic heterocycles. The predicted molar refractivity (Wildman–Crippen MR) is 81.3 cm³/mol. The van der Waals surface area contributed by atoms with Crippen molar-refractivity contribution in [2.24, 2.45) is 0 Å². The van der Waals surface area contributed by atoms with Gasteiger partial charge in [0.15, 0.2) is 0 Å². The zero-order valence-electron chi connectivity index (χ0n) is 9.76. The summed E-state index contributed by atoms with van der Waals surface area (Å²) in [6.45, 7) is 2.26. The average Bonchev–Trinajstić information content (AvgIpc) is 2.25. The third-order valence-corrected chi connectivity index (χ3v) is 2.61. The van der Waals surface area contributed by atoms with Crippen LogP contribution in [-0.4, -0.2) is 48.9 Å². The number of unbranched alkanes of at least 4 members (excludes halogenated alkanes) is 5. The van der Waals surface area contributed by atoms with Crippen molar-refractivity contribution in [3.63, 3.8) is 0 Å². The predicted octanol–water partition coefficient (Wildman–Crippen LogP) is 3.59. The molecular weight excluding hydrogens is 338 g/mol. The fourth-order valence-corrected chi connectivity index (χ4v) is 1.70. The Morgan fingerprint density at radius 1 is 0.938 bits per heavy atom. The van der Waals surface area contributed by atoms with Crippen molar-refractivity contribution >= 4 is 62.4 Å². The van der Waals surface area contributed by atoms with Crippen molar-refractivity contribution in [1.82, 2.24) is 0 Å². The summed E-state index contributed by atoms with van der Waals surface area (Å²) in [7, 11) is 0. The van der Waals surface area contributed by atoms with Crippen LogP contribution >= 0.6 is 13.5 Å². The fourth-order valence-electron chi connectivity index (χ4n) is 1.70. The van der Waals surface area contributed by atoms with E-state index in [1.807, 2.05) is 12.1 Å². The molecule has 0 saturated heterocycles. The van der Waals surface area contributed by atoms with Gasteiger partial charge >= 0.3 is 48.9 Å². The first-order chi connectivity index (χ1) is 6.93. The Hall–Kier alpha value is 1.14. The second-order valence-corrected chi connectivity index (χ2v) is 3.93. The molecule has 0 atom stereocenters. The SMILES string of the molecule is CCCCCCCCc1cc[c]cc1.S.[BaH2]. The molecule has 1 radical (unpaired) electrons. The standard InChI is InChI=1S/C14H21.Ba.H2S.2H/c1-2-3-4-5-6-8-11-14-12-9-7-10-13-14;;;;/h9-10,12-13H,2-6,8,11H2,1H3;;1H2;;. The van der Waals surface area contributed by atoms with Crippen molar-refractivity contribution in [1.29, 1.82) is 0 Å². The molecule has 16 heavy (non-hydrogen) atoms. The molecule has 0 spiro atoms. The van der Waals surface area contributed by atoms with Crippen molar-refractivity contribution in [2.75, 3.05) is 0 Å². The Morgan fingerprint density at radius 3 is 2.12 bits per heavy atom. The van der Waals surface area contributed by atoms with Crippen LogP contribution in [0, 0.1) is 6.07 Å². The number of hydrogen-bond donors (Lipinski definition) is 0. The molecule has 0 N–H and O–H groups in total. The fraction of sp³-hybridized carbons (Fsp3) is 0.571. The Balaban J connectivity index is 0. The van der Waals surface area contributed by atoms with Gasteiger partial charge in [0.1, 0.15) is 0 Å². The average molecular weight is 363 g/mol. The molecule has 2 heteroatoms. The van der Waals surface area contributed by atoms with E-state index in [9.17, 15) is 0 Å².